The zero-order valence-corrected chi connectivity index (χ0v) is 12.4. The van der Waals surface area contributed by atoms with Crippen molar-refractivity contribution >= 4 is 26.6 Å². The first-order chi connectivity index (χ1) is 8.94. The predicted molar refractivity (Wildman–Crippen MR) is 69.3 cm³/mol. The molecule has 0 fully saturated rings. The molecule has 2 N–H and O–H groups in total. The Morgan fingerprint density at radius 3 is 2.00 bits per heavy atom. The van der Waals surface area contributed by atoms with Crippen molar-refractivity contribution in [1.29, 1.82) is 0 Å². The smallest absolute Gasteiger partial charge is 0.374 e. The van der Waals surface area contributed by atoms with Crippen LogP contribution >= 0.6 is 0 Å². The van der Waals surface area contributed by atoms with Crippen molar-refractivity contribution in [3.05, 3.63) is 23.9 Å². The van der Waals surface area contributed by atoms with Crippen LogP contribution in [0.1, 0.15) is 13.8 Å². The van der Waals surface area contributed by atoms with E-state index in [9.17, 15) is 21.6 Å². The van der Waals surface area contributed by atoms with Gasteiger partial charge in [-0.05, 0) is 19.9 Å². The molecule has 1 aliphatic heterocycles. The van der Waals surface area contributed by atoms with Crippen molar-refractivity contribution in [2.75, 3.05) is 13.1 Å². The maximum absolute atomic E-state index is 10.9. The van der Waals surface area contributed by atoms with E-state index in [2.05, 4.69) is 15.5 Å². The van der Waals surface area contributed by atoms with Crippen LogP contribution < -0.4 is 0 Å². The van der Waals surface area contributed by atoms with Gasteiger partial charge >= 0.3 is 20.8 Å². The summed E-state index contributed by atoms with van der Waals surface area (Å²) in [5.41, 5.74) is 0.828. The van der Waals surface area contributed by atoms with E-state index in [4.69, 9.17) is 9.11 Å². The van der Waals surface area contributed by atoms with Gasteiger partial charge in [-0.2, -0.15) is 16.8 Å². The van der Waals surface area contributed by atoms with Crippen LogP contribution in [-0.4, -0.2) is 49.7 Å². The minimum absolute atomic E-state index is 0.150. The van der Waals surface area contributed by atoms with Crippen LogP contribution in [0.15, 0.2) is 23.9 Å². The summed E-state index contributed by atoms with van der Waals surface area (Å²) in [4.78, 5) is 13.0. The standard InChI is InChI=1S/C9H13NO.H2O7S2/c1-3-10-6-4-9(5-7-10)8(2)11;1-8(2,3)7-9(4,5)6/h4-6H,3,7H2,1-2H3;(H,1,2,3)(H,4,5,6). The maximum atomic E-state index is 10.9. The lowest BCUT2D eigenvalue weighted by molar-refractivity contribution is -0.113. The largest absolute Gasteiger partial charge is 0.413 e. The van der Waals surface area contributed by atoms with Gasteiger partial charge in [-0.1, -0.05) is 6.08 Å². The molecule has 0 spiro atoms. The third-order valence-corrected chi connectivity index (χ3v) is 3.37. The van der Waals surface area contributed by atoms with E-state index in [1.165, 1.54) is 0 Å². The molecule has 0 atom stereocenters. The van der Waals surface area contributed by atoms with Crippen LogP contribution in [-0.2, 0) is 29.2 Å². The number of ketones is 1. The van der Waals surface area contributed by atoms with E-state index < -0.39 is 20.8 Å². The first-order valence-electron chi connectivity index (χ1n) is 5.24. The quantitative estimate of drug-likeness (QED) is 0.680. The Hall–Kier alpha value is -1.27. The van der Waals surface area contributed by atoms with Gasteiger partial charge in [0.05, 0.1) is 0 Å². The van der Waals surface area contributed by atoms with Crippen LogP contribution in [0.4, 0.5) is 0 Å². The molecular weight excluding hydrogens is 314 g/mol. The topological polar surface area (TPSA) is 138 Å². The lowest BCUT2D eigenvalue weighted by Crippen LogP contribution is -2.20. The number of Topliss-reactive ketones (excluding diaryl/α,β-unsaturated/α-hetero) is 1. The molecule has 0 aliphatic carbocycles. The number of rotatable bonds is 4. The Bertz CT molecular complexity index is 572. The fourth-order valence-corrected chi connectivity index (χ4v) is 2.00. The van der Waals surface area contributed by atoms with E-state index in [-0.39, 0.29) is 5.78 Å². The zero-order chi connectivity index (χ0) is 16.0. The summed E-state index contributed by atoms with van der Waals surface area (Å²) in [6.45, 7) is 5.55. The minimum atomic E-state index is -5.12. The van der Waals surface area contributed by atoms with Gasteiger partial charge in [-0.3, -0.25) is 13.9 Å². The molecule has 1 rings (SSSR count). The second-order valence-electron chi connectivity index (χ2n) is 3.54. The van der Waals surface area contributed by atoms with Crippen LogP contribution in [0.5, 0.6) is 0 Å². The van der Waals surface area contributed by atoms with Gasteiger partial charge in [0.15, 0.2) is 5.78 Å². The summed E-state index contributed by atoms with van der Waals surface area (Å²) in [7, 11) is -10.2. The van der Waals surface area contributed by atoms with Gasteiger partial charge < -0.3 is 4.90 Å². The summed E-state index contributed by atoms with van der Waals surface area (Å²) in [6.07, 6.45) is 5.80. The second-order valence-corrected chi connectivity index (χ2v) is 5.80. The van der Waals surface area contributed by atoms with Gasteiger partial charge in [0.2, 0.25) is 0 Å². The summed E-state index contributed by atoms with van der Waals surface area (Å²) in [5, 5.41) is 0. The number of carbonyl (C=O) groups excluding carboxylic acids is 1. The highest BCUT2D eigenvalue weighted by Crippen LogP contribution is 2.06. The molecule has 0 aromatic carbocycles. The van der Waals surface area contributed by atoms with Crippen molar-refractivity contribution in [3.8, 4) is 0 Å². The normalized spacial score (nSPS) is 15.2. The number of allylic oxidation sites excluding steroid dienone is 2. The lowest BCUT2D eigenvalue weighted by atomic mass is 10.1. The molecule has 0 aromatic heterocycles. The number of likely N-dealkylation sites (N-methyl/N-ethyl adjacent to an activating group) is 1. The average Bonchev–Trinajstić information content (AvgIpc) is 2.25. The van der Waals surface area contributed by atoms with Gasteiger partial charge in [0.1, 0.15) is 0 Å². The second kappa shape index (κ2) is 7.50. The fraction of sp³-hybridized carbons (Fsp3) is 0.444. The van der Waals surface area contributed by atoms with E-state index in [0.717, 1.165) is 18.7 Å². The van der Waals surface area contributed by atoms with Crippen LogP contribution in [0, 0.1) is 0 Å². The van der Waals surface area contributed by atoms with Crippen LogP contribution in [0.25, 0.3) is 0 Å². The molecule has 0 saturated heterocycles. The van der Waals surface area contributed by atoms with E-state index in [0.29, 0.717) is 0 Å². The Morgan fingerprint density at radius 2 is 1.80 bits per heavy atom. The minimum Gasteiger partial charge on any atom is -0.374 e. The number of carbonyl (C=O) groups is 1. The Kier molecular flexibility index (Phi) is 7.02. The Morgan fingerprint density at radius 1 is 1.30 bits per heavy atom. The monoisotopic (exact) mass is 329 g/mol. The third-order valence-electron chi connectivity index (χ3n) is 2.00. The molecule has 0 unspecified atom stereocenters. The van der Waals surface area contributed by atoms with E-state index in [1.807, 2.05) is 18.4 Å². The molecule has 0 aromatic rings. The first kappa shape index (κ1) is 18.7. The molecule has 0 bridgehead atoms. The van der Waals surface area contributed by atoms with Crippen molar-refractivity contribution in [2.24, 2.45) is 0 Å². The third kappa shape index (κ3) is 9.63. The van der Waals surface area contributed by atoms with Gasteiger partial charge in [-0.25, -0.2) is 0 Å². The maximum Gasteiger partial charge on any atom is 0.413 e. The average molecular weight is 329 g/mol. The molecule has 0 radical (unpaired) electrons. The highest BCUT2D eigenvalue weighted by atomic mass is 32.3. The summed E-state index contributed by atoms with van der Waals surface area (Å²) in [5.74, 6) is 0.150. The Balaban J connectivity index is 0.000000370. The SMILES string of the molecule is CCN1C=CC(C(C)=O)=CC1.O=S(=O)(O)OS(=O)(=O)O. The number of hydrogen-bond donors (Lipinski definition) is 2. The molecule has 1 aliphatic rings. The Labute approximate surface area is 117 Å². The molecule has 11 heteroatoms. The summed E-state index contributed by atoms with van der Waals surface area (Å²) < 4.78 is 55.6. The molecular formula is C9H15NO8S2. The van der Waals surface area contributed by atoms with Crippen LogP contribution in [0.2, 0.25) is 0 Å². The van der Waals surface area contributed by atoms with Crippen molar-refractivity contribution in [2.45, 2.75) is 13.8 Å². The molecule has 0 amide bonds. The van der Waals surface area contributed by atoms with E-state index in [1.54, 1.807) is 6.92 Å². The summed E-state index contributed by atoms with van der Waals surface area (Å²) >= 11 is 0. The van der Waals surface area contributed by atoms with Crippen molar-refractivity contribution in [1.82, 2.24) is 4.90 Å². The fourth-order valence-electron chi connectivity index (χ4n) is 1.13. The molecule has 9 nitrogen and oxygen atoms in total. The zero-order valence-electron chi connectivity index (χ0n) is 10.8. The van der Waals surface area contributed by atoms with Gasteiger partial charge in [0, 0.05) is 24.9 Å². The van der Waals surface area contributed by atoms with E-state index >= 15 is 0 Å². The highest BCUT2D eigenvalue weighted by Gasteiger charge is 2.15. The molecule has 20 heavy (non-hydrogen) atoms. The number of nitrogens with zero attached hydrogens (tertiary/aromatic N) is 1. The van der Waals surface area contributed by atoms with Gasteiger partial charge in [-0.15, -0.1) is 3.63 Å². The number of hydrogen-bond acceptors (Lipinski definition) is 7. The predicted octanol–water partition coefficient (Wildman–Crippen LogP) is -0.0404. The van der Waals surface area contributed by atoms with Crippen LogP contribution in [0.3, 0.4) is 0 Å². The van der Waals surface area contributed by atoms with Crippen molar-refractivity contribution in [3.63, 3.8) is 0 Å². The molecule has 0 saturated carbocycles. The molecule has 116 valence electrons. The van der Waals surface area contributed by atoms with Crippen molar-refractivity contribution < 1.29 is 34.4 Å². The lowest BCUT2D eigenvalue weighted by Gasteiger charge is -2.19. The summed E-state index contributed by atoms with van der Waals surface area (Å²) in [6, 6.07) is 0. The molecule has 1 heterocycles. The van der Waals surface area contributed by atoms with Gasteiger partial charge in [0.25, 0.3) is 0 Å². The highest BCUT2D eigenvalue weighted by molar-refractivity contribution is 7.94. The first-order valence-corrected chi connectivity index (χ1v) is 7.97.